The monoisotopic (exact) mass is 288 g/mol. The minimum atomic E-state index is -0.365. The molecular formula is C16H20N2O3. The molecular weight excluding hydrogens is 268 g/mol. The molecule has 2 unspecified atom stereocenters. The van der Waals surface area contributed by atoms with Gasteiger partial charge in [-0.25, -0.2) is 0 Å². The predicted octanol–water partition coefficient (Wildman–Crippen LogP) is 1.11. The van der Waals surface area contributed by atoms with Crippen LogP contribution in [0.25, 0.3) is 0 Å². The molecule has 5 heteroatoms. The fourth-order valence-electron chi connectivity index (χ4n) is 2.23. The summed E-state index contributed by atoms with van der Waals surface area (Å²) in [6.07, 6.45) is 4.28. The standard InChI is InChI=1S/C16H20N2O3/c1-12-16(2,7-10-21-12)18-15(20)14-6-8-17-11-13(14)5-3-4-9-19/h6,8,11-12,19H,4,7,9-10H2,1-2H3,(H,18,20). The number of hydrogen-bond acceptors (Lipinski definition) is 4. The van der Waals surface area contributed by atoms with Gasteiger partial charge in [-0.15, -0.1) is 0 Å². The topological polar surface area (TPSA) is 71.5 Å². The summed E-state index contributed by atoms with van der Waals surface area (Å²) in [6.45, 7) is 4.60. The molecule has 2 heterocycles. The Morgan fingerprint density at radius 2 is 2.48 bits per heavy atom. The number of ether oxygens (including phenoxy) is 1. The van der Waals surface area contributed by atoms with E-state index in [1.165, 1.54) is 0 Å². The molecule has 1 amide bonds. The number of nitrogens with one attached hydrogen (secondary N) is 1. The van der Waals surface area contributed by atoms with Crippen LogP contribution in [0, 0.1) is 11.8 Å². The van der Waals surface area contributed by atoms with Gasteiger partial charge in [0.2, 0.25) is 0 Å². The molecule has 1 aromatic rings. The number of carbonyl (C=O) groups is 1. The largest absolute Gasteiger partial charge is 0.395 e. The number of amides is 1. The van der Waals surface area contributed by atoms with Crippen molar-refractivity contribution in [2.45, 2.75) is 38.3 Å². The van der Waals surface area contributed by atoms with Crippen LogP contribution in [0.4, 0.5) is 0 Å². The quantitative estimate of drug-likeness (QED) is 0.817. The number of nitrogens with zero attached hydrogens (tertiary/aromatic N) is 1. The first kappa shape index (κ1) is 15.5. The second-order valence-corrected chi connectivity index (χ2v) is 5.33. The van der Waals surface area contributed by atoms with Crippen LogP contribution in [0.15, 0.2) is 18.5 Å². The zero-order valence-electron chi connectivity index (χ0n) is 12.3. The zero-order valence-corrected chi connectivity index (χ0v) is 12.3. The smallest absolute Gasteiger partial charge is 0.253 e. The molecule has 0 spiro atoms. The van der Waals surface area contributed by atoms with Crippen LogP contribution in [-0.4, -0.2) is 40.9 Å². The third-order valence-electron chi connectivity index (χ3n) is 3.81. The molecule has 0 radical (unpaired) electrons. The van der Waals surface area contributed by atoms with Crippen LogP contribution < -0.4 is 5.32 Å². The summed E-state index contributed by atoms with van der Waals surface area (Å²) in [5.41, 5.74) is 0.699. The molecule has 0 aliphatic carbocycles. The van der Waals surface area contributed by atoms with E-state index in [4.69, 9.17) is 9.84 Å². The van der Waals surface area contributed by atoms with Crippen LogP contribution in [0.5, 0.6) is 0 Å². The van der Waals surface area contributed by atoms with E-state index in [0.29, 0.717) is 24.2 Å². The minimum absolute atomic E-state index is 0.00170. The molecule has 0 bridgehead atoms. The van der Waals surface area contributed by atoms with Gasteiger partial charge in [-0.3, -0.25) is 9.78 Å². The van der Waals surface area contributed by atoms with Gasteiger partial charge in [0, 0.05) is 25.4 Å². The highest BCUT2D eigenvalue weighted by atomic mass is 16.5. The van der Waals surface area contributed by atoms with Gasteiger partial charge in [0.1, 0.15) is 0 Å². The predicted molar refractivity (Wildman–Crippen MR) is 78.7 cm³/mol. The first-order valence-corrected chi connectivity index (χ1v) is 7.04. The fourth-order valence-corrected chi connectivity index (χ4v) is 2.23. The molecule has 1 aliphatic heterocycles. The summed E-state index contributed by atoms with van der Waals surface area (Å²) in [4.78, 5) is 16.5. The lowest BCUT2D eigenvalue weighted by Crippen LogP contribution is -2.50. The SMILES string of the molecule is CC1OCCC1(C)NC(=O)c1ccncc1C#CCCO. The molecule has 0 saturated carbocycles. The lowest BCUT2D eigenvalue weighted by Gasteiger charge is -2.29. The molecule has 1 saturated heterocycles. The Hall–Kier alpha value is -1.90. The number of pyridine rings is 1. The van der Waals surface area contributed by atoms with Crippen molar-refractivity contribution in [1.82, 2.24) is 10.3 Å². The second-order valence-electron chi connectivity index (χ2n) is 5.33. The molecule has 2 atom stereocenters. The van der Waals surface area contributed by atoms with Crippen molar-refractivity contribution in [3.05, 3.63) is 29.6 Å². The molecule has 1 aliphatic rings. The maximum atomic E-state index is 12.5. The zero-order chi connectivity index (χ0) is 15.3. The first-order chi connectivity index (χ1) is 10.1. The van der Waals surface area contributed by atoms with Crippen LogP contribution in [0.3, 0.4) is 0 Å². The Morgan fingerprint density at radius 1 is 1.67 bits per heavy atom. The molecule has 2 N–H and O–H groups in total. The van der Waals surface area contributed by atoms with E-state index in [2.05, 4.69) is 22.1 Å². The first-order valence-electron chi connectivity index (χ1n) is 7.04. The summed E-state index contributed by atoms with van der Waals surface area (Å²) in [5.74, 6) is 5.52. The molecule has 21 heavy (non-hydrogen) atoms. The van der Waals surface area contributed by atoms with Crippen molar-refractivity contribution in [2.24, 2.45) is 0 Å². The highest BCUT2D eigenvalue weighted by Crippen LogP contribution is 2.25. The van der Waals surface area contributed by atoms with Gasteiger partial charge in [0.15, 0.2) is 0 Å². The van der Waals surface area contributed by atoms with E-state index < -0.39 is 0 Å². The molecule has 5 nitrogen and oxygen atoms in total. The van der Waals surface area contributed by atoms with E-state index in [1.54, 1.807) is 18.5 Å². The van der Waals surface area contributed by atoms with Crippen molar-refractivity contribution in [2.75, 3.05) is 13.2 Å². The summed E-state index contributed by atoms with van der Waals surface area (Å²) >= 11 is 0. The molecule has 2 rings (SSSR count). The average molecular weight is 288 g/mol. The van der Waals surface area contributed by atoms with E-state index >= 15 is 0 Å². The van der Waals surface area contributed by atoms with Gasteiger partial charge in [0.25, 0.3) is 5.91 Å². The second kappa shape index (κ2) is 6.70. The Morgan fingerprint density at radius 3 is 3.14 bits per heavy atom. The number of hydrogen-bond donors (Lipinski definition) is 2. The van der Waals surface area contributed by atoms with Gasteiger partial charge in [-0.05, 0) is 26.3 Å². The van der Waals surface area contributed by atoms with Crippen LogP contribution in [-0.2, 0) is 4.74 Å². The van der Waals surface area contributed by atoms with Gasteiger partial charge in [-0.1, -0.05) is 11.8 Å². The summed E-state index contributed by atoms with van der Waals surface area (Å²) in [6, 6.07) is 1.65. The Balaban J connectivity index is 2.18. The highest BCUT2D eigenvalue weighted by Gasteiger charge is 2.38. The van der Waals surface area contributed by atoms with Crippen molar-refractivity contribution in [1.29, 1.82) is 0 Å². The number of carbonyl (C=O) groups excluding carboxylic acids is 1. The van der Waals surface area contributed by atoms with Gasteiger partial charge in [0.05, 0.1) is 29.4 Å². The number of aromatic nitrogens is 1. The highest BCUT2D eigenvalue weighted by molar-refractivity contribution is 5.97. The van der Waals surface area contributed by atoms with Crippen LogP contribution in [0.2, 0.25) is 0 Å². The van der Waals surface area contributed by atoms with Crippen LogP contribution in [0.1, 0.15) is 42.6 Å². The Kier molecular flexibility index (Phi) is 4.94. The van der Waals surface area contributed by atoms with E-state index in [-0.39, 0.29) is 24.2 Å². The number of aliphatic hydroxyl groups is 1. The third kappa shape index (κ3) is 3.60. The normalized spacial score (nSPS) is 24.2. The van der Waals surface area contributed by atoms with E-state index in [1.807, 2.05) is 13.8 Å². The summed E-state index contributed by atoms with van der Waals surface area (Å²) in [7, 11) is 0. The fraction of sp³-hybridized carbons (Fsp3) is 0.500. The van der Waals surface area contributed by atoms with Crippen molar-refractivity contribution >= 4 is 5.91 Å². The number of aliphatic hydroxyl groups excluding tert-OH is 1. The van der Waals surface area contributed by atoms with Gasteiger partial charge < -0.3 is 15.2 Å². The molecule has 0 aromatic carbocycles. The molecule has 1 fully saturated rings. The maximum absolute atomic E-state index is 12.5. The molecule has 1 aromatic heterocycles. The number of rotatable bonds is 3. The van der Waals surface area contributed by atoms with E-state index in [0.717, 1.165) is 6.42 Å². The Bertz CT molecular complexity index is 576. The van der Waals surface area contributed by atoms with Gasteiger partial charge in [-0.2, -0.15) is 0 Å². The maximum Gasteiger partial charge on any atom is 0.253 e. The van der Waals surface area contributed by atoms with Crippen LogP contribution >= 0.6 is 0 Å². The summed E-state index contributed by atoms with van der Waals surface area (Å²) < 4.78 is 5.53. The van der Waals surface area contributed by atoms with Crippen molar-refractivity contribution in [3.8, 4) is 11.8 Å². The van der Waals surface area contributed by atoms with Crippen molar-refractivity contribution < 1.29 is 14.6 Å². The van der Waals surface area contributed by atoms with Crippen molar-refractivity contribution in [3.63, 3.8) is 0 Å². The lowest BCUT2D eigenvalue weighted by atomic mass is 9.94. The lowest BCUT2D eigenvalue weighted by molar-refractivity contribution is 0.0727. The van der Waals surface area contributed by atoms with Gasteiger partial charge >= 0.3 is 0 Å². The average Bonchev–Trinajstić information content (AvgIpc) is 2.79. The molecule has 112 valence electrons. The van der Waals surface area contributed by atoms with E-state index in [9.17, 15) is 4.79 Å². The Labute approximate surface area is 124 Å². The minimum Gasteiger partial charge on any atom is -0.395 e. The summed E-state index contributed by atoms with van der Waals surface area (Å²) in [5, 5.41) is 11.8. The third-order valence-corrected chi connectivity index (χ3v) is 3.81.